The molecular weight excluding hydrogens is 383 g/mol. The molecule has 1 aromatic rings. The van der Waals surface area contributed by atoms with Crippen molar-refractivity contribution in [1.29, 1.82) is 0 Å². The lowest BCUT2D eigenvalue weighted by molar-refractivity contribution is -0.141. The molecule has 0 aromatic carbocycles. The number of nitrogens with zero attached hydrogens (tertiary/aromatic N) is 3. The van der Waals surface area contributed by atoms with E-state index in [1.54, 1.807) is 0 Å². The van der Waals surface area contributed by atoms with Gasteiger partial charge in [0.05, 0.1) is 6.54 Å². The summed E-state index contributed by atoms with van der Waals surface area (Å²) in [6.07, 6.45) is 5.40. The van der Waals surface area contributed by atoms with Gasteiger partial charge in [0, 0.05) is 18.7 Å². The van der Waals surface area contributed by atoms with Gasteiger partial charge in [-0.25, -0.2) is 4.98 Å². The Morgan fingerprint density at radius 3 is 2.69 bits per heavy atom. The zero-order chi connectivity index (χ0) is 20.9. The number of rotatable bonds is 6. The topological polar surface area (TPSA) is 55.3 Å². The Morgan fingerprint density at radius 1 is 1.24 bits per heavy atom. The SMILES string of the molecule is CCCCC1CCC(C(=O)N2CCCC(Oc3nccc(C(F)(F)F)n3)C2)CC1. The number of piperidine rings is 1. The highest BCUT2D eigenvalue weighted by Crippen LogP contribution is 2.33. The maximum absolute atomic E-state index is 12.9. The van der Waals surface area contributed by atoms with Crippen LogP contribution in [0.1, 0.15) is 70.4 Å². The van der Waals surface area contributed by atoms with Crippen LogP contribution < -0.4 is 4.74 Å². The Bertz CT molecular complexity index is 675. The van der Waals surface area contributed by atoms with Gasteiger partial charge in [-0.2, -0.15) is 18.2 Å². The predicted octanol–water partition coefficient (Wildman–Crippen LogP) is 4.86. The number of carbonyl (C=O) groups excluding carboxylic acids is 1. The third-order valence-corrected chi connectivity index (χ3v) is 6.05. The van der Waals surface area contributed by atoms with E-state index in [9.17, 15) is 18.0 Å². The Hall–Kier alpha value is -1.86. The number of alkyl halides is 3. The van der Waals surface area contributed by atoms with Crippen LogP contribution in [0.3, 0.4) is 0 Å². The summed E-state index contributed by atoms with van der Waals surface area (Å²) in [6.45, 7) is 3.26. The van der Waals surface area contributed by atoms with Crippen molar-refractivity contribution in [2.24, 2.45) is 11.8 Å². The van der Waals surface area contributed by atoms with Crippen LogP contribution in [-0.2, 0) is 11.0 Å². The van der Waals surface area contributed by atoms with E-state index in [0.717, 1.165) is 50.3 Å². The molecule has 0 N–H and O–H groups in total. The lowest BCUT2D eigenvalue weighted by atomic mass is 9.79. The van der Waals surface area contributed by atoms with E-state index in [1.165, 1.54) is 19.3 Å². The molecule has 2 aliphatic rings. The minimum atomic E-state index is -4.54. The number of ether oxygens (including phenoxy) is 1. The molecule has 8 heteroatoms. The Kier molecular flexibility index (Phi) is 7.35. The summed E-state index contributed by atoms with van der Waals surface area (Å²) in [5.41, 5.74) is -1.02. The quantitative estimate of drug-likeness (QED) is 0.668. The van der Waals surface area contributed by atoms with Crippen LogP contribution in [0.25, 0.3) is 0 Å². The van der Waals surface area contributed by atoms with E-state index in [1.807, 2.05) is 4.90 Å². The lowest BCUT2D eigenvalue weighted by Crippen LogP contribution is -2.47. The van der Waals surface area contributed by atoms with Crippen molar-refractivity contribution >= 4 is 5.91 Å². The van der Waals surface area contributed by atoms with Gasteiger partial charge in [0.2, 0.25) is 5.91 Å². The summed E-state index contributed by atoms with van der Waals surface area (Å²) >= 11 is 0. The molecule has 3 rings (SSSR count). The molecule has 1 atom stereocenters. The average molecular weight is 413 g/mol. The van der Waals surface area contributed by atoms with Crippen LogP contribution in [0.2, 0.25) is 0 Å². The number of aromatic nitrogens is 2. The molecule has 0 bridgehead atoms. The lowest BCUT2D eigenvalue weighted by Gasteiger charge is -2.36. The van der Waals surface area contributed by atoms with Crippen molar-refractivity contribution in [2.45, 2.75) is 77.0 Å². The van der Waals surface area contributed by atoms with E-state index in [0.29, 0.717) is 19.5 Å². The summed E-state index contributed by atoms with van der Waals surface area (Å²) in [6, 6.07) is 0.538. The fourth-order valence-electron chi connectivity index (χ4n) is 4.39. The first kappa shape index (κ1) is 21.8. The fourth-order valence-corrected chi connectivity index (χ4v) is 4.39. The molecule has 1 amide bonds. The number of amides is 1. The van der Waals surface area contributed by atoms with Gasteiger partial charge in [0.25, 0.3) is 0 Å². The van der Waals surface area contributed by atoms with Gasteiger partial charge in [-0.3, -0.25) is 4.79 Å². The first-order chi connectivity index (χ1) is 13.9. The van der Waals surface area contributed by atoms with Gasteiger partial charge < -0.3 is 9.64 Å². The Labute approximate surface area is 170 Å². The number of halogens is 3. The number of hydrogen-bond acceptors (Lipinski definition) is 4. The second-order valence-electron chi connectivity index (χ2n) is 8.25. The molecule has 2 fully saturated rings. The van der Waals surface area contributed by atoms with Crippen LogP contribution in [0.15, 0.2) is 12.3 Å². The molecule has 1 unspecified atom stereocenters. The molecule has 2 heterocycles. The maximum Gasteiger partial charge on any atom is 0.433 e. The molecule has 1 saturated heterocycles. The number of unbranched alkanes of at least 4 members (excludes halogenated alkanes) is 1. The van der Waals surface area contributed by atoms with Crippen LogP contribution in [0, 0.1) is 11.8 Å². The maximum atomic E-state index is 12.9. The second kappa shape index (κ2) is 9.76. The highest BCUT2D eigenvalue weighted by atomic mass is 19.4. The third kappa shape index (κ3) is 6.06. The van der Waals surface area contributed by atoms with Crippen LogP contribution in [0.4, 0.5) is 13.2 Å². The van der Waals surface area contributed by atoms with Crippen molar-refractivity contribution in [1.82, 2.24) is 14.9 Å². The zero-order valence-electron chi connectivity index (χ0n) is 17.0. The molecule has 1 aromatic heterocycles. The minimum absolute atomic E-state index is 0.0661. The van der Waals surface area contributed by atoms with E-state index in [-0.39, 0.29) is 23.9 Å². The molecular formula is C21H30F3N3O2. The van der Waals surface area contributed by atoms with Gasteiger partial charge >= 0.3 is 12.2 Å². The predicted molar refractivity (Wildman–Crippen MR) is 102 cm³/mol. The van der Waals surface area contributed by atoms with E-state index < -0.39 is 11.9 Å². The van der Waals surface area contributed by atoms with E-state index in [2.05, 4.69) is 16.9 Å². The summed E-state index contributed by atoms with van der Waals surface area (Å²) in [5, 5.41) is 0. The van der Waals surface area contributed by atoms with Gasteiger partial charge in [0.15, 0.2) is 5.69 Å². The number of carbonyl (C=O) groups is 1. The van der Waals surface area contributed by atoms with Crippen LogP contribution >= 0.6 is 0 Å². The van der Waals surface area contributed by atoms with Crippen molar-refractivity contribution < 1.29 is 22.7 Å². The van der Waals surface area contributed by atoms with Crippen LogP contribution in [-0.4, -0.2) is 40.0 Å². The van der Waals surface area contributed by atoms with Crippen molar-refractivity contribution in [3.8, 4) is 6.01 Å². The number of hydrogen-bond donors (Lipinski definition) is 0. The largest absolute Gasteiger partial charge is 0.458 e. The fraction of sp³-hybridized carbons (Fsp3) is 0.762. The minimum Gasteiger partial charge on any atom is -0.458 e. The number of likely N-dealkylation sites (tertiary alicyclic amines) is 1. The van der Waals surface area contributed by atoms with Crippen molar-refractivity contribution in [3.05, 3.63) is 18.0 Å². The average Bonchev–Trinajstić information content (AvgIpc) is 2.72. The summed E-state index contributed by atoms with van der Waals surface area (Å²) < 4.78 is 44.1. The van der Waals surface area contributed by atoms with E-state index >= 15 is 0 Å². The summed E-state index contributed by atoms with van der Waals surface area (Å²) in [4.78, 5) is 22.0. The molecule has 0 radical (unpaired) electrons. The molecule has 1 aliphatic carbocycles. The summed E-state index contributed by atoms with van der Waals surface area (Å²) in [5.74, 6) is 0.975. The van der Waals surface area contributed by atoms with Crippen molar-refractivity contribution in [2.75, 3.05) is 13.1 Å². The molecule has 5 nitrogen and oxygen atoms in total. The summed E-state index contributed by atoms with van der Waals surface area (Å²) in [7, 11) is 0. The first-order valence-electron chi connectivity index (χ1n) is 10.7. The van der Waals surface area contributed by atoms with Gasteiger partial charge in [-0.05, 0) is 50.5 Å². The third-order valence-electron chi connectivity index (χ3n) is 6.05. The normalized spacial score (nSPS) is 25.7. The standard InChI is InChI=1S/C21H30F3N3O2/c1-2-3-5-15-7-9-16(10-8-15)19(28)27-13-4-6-17(14-27)29-20-25-12-11-18(26-20)21(22,23)24/h11-12,15-17H,2-10,13-14H2,1H3. The highest BCUT2D eigenvalue weighted by molar-refractivity contribution is 5.79. The van der Waals surface area contributed by atoms with Crippen LogP contribution in [0.5, 0.6) is 6.01 Å². The van der Waals surface area contributed by atoms with Gasteiger partial charge in [0.1, 0.15) is 6.10 Å². The monoisotopic (exact) mass is 413 g/mol. The van der Waals surface area contributed by atoms with Crippen molar-refractivity contribution in [3.63, 3.8) is 0 Å². The van der Waals surface area contributed by atoms with Gasteiger partial charge in [-0.1, -0.05) is 26.2 Å². The Morgan fingerprint density at radius 2 is 2.00 bits per heavy atom. The Balaban J connectivity index is 1.52. The second-order valence-corrected chi connectivity index (χ2v) is 8.25. The smallest absolute Gasteiger partial charge is 0.433 e. The molecule has 1 aliphatic heterocycles. The van der Waals surface area contributed by atoms with E-state index in [4.69, 9.17) is 4.74 Å². The van der Waals surface area contributed by atoms with Gasteiger partial charge in [-0.15, -0.1) is 0 Å². The molecule has 162 valence electrons. The molecule has 0 spiro atoms. The zero-order valence-corrected chi connectivity index (χ0v) is 17.0. The molecule has 29 heavy (non-hydrogen) atoms. The first-order valence-corrected chi connectivity index (χ1v) is 10.7. The molecule has 1 saturated carbocycles. The highest BCUT2D eigenvalue weighted by Gasteiger charge is 2.35.